The number of fused-ring (bicyclic) bond motifs is 1. The molecule has 5 heteroatoms. The number of methoxy groups -OCH3 is 1. The number of rotatable bonds is 5. The van der Waals surface area contributed by atoms with Crippen molar-refractivity contribution in [3.05, 3.63) is 46.4 Å². The van der Waals surface area contributed by atoms with E-state index in [1.807, 2.05) is 30.3 Å². The maximum absolute atomic E-state index is 12.9. The van der Waals surface area contributed by atoms with Crippen LogP contribution >= 0.6 is 15.9 Å². The van der Waals surface area contributed by atoms with Gasteiger partial charge in [0.15, 0.2) is 0 Å². The van der Waals surface area contributed by atoms with E-state index in [2.05, 4.69) is 21.2 Å². The predicted molar refractivity (Wildman–Crippen MR) is 106 cm³/mol. The molecule has 26 heavy (non-hydrogen) atoms. The van der Waals surface area contributed by atoms with Crippen molar-refractivity contribution in [3.8, 4) is 0 Å². The molecule has 4 nitrogen and oxygen atoms in total. The lowest BCUT2D eigenvalue weighted by Gasteiger charge is -2.26. The number of esters is 1. The lowest BCUT2D eigenvalue weighted by Crippen LogP contribution is -2.43. The third-order valence-corrected chi connectivity index (χ3v) is 5.89. The number of benzene rings is 2. The zero-order valence-electron chi connectivity index (χ0n) is 15.0. The molecule has 0 saturated heterocycles. The molecule has 1 aliphatic carbocycles. The summed E-state index contributed by atoms with van der Waals surface area (Å²) in [6, 6.07) is 10.8. The first-order valence-electron chi connectivity index (χ1n) is 9.16. The van der Waals surface area contributed by atoms with E-state index in [4.69, 9.17) is 4.74 Å². The summed E-state index contributed by atoms with van der Waals surface area (Å²) in [6.07, 6.45) is 6.53. The minimum atomic E-state index is -0.599. The van der Waals surface area contributed by atoms with E-state index in [1.165, 1.54) is 26.4 Å². The molecule has 0 aromatic heterocycles. The van der Waals surface area contributed by atoms with Gasteiger partial charge in [-0.3, -0.25) is 4.79 Å². The Kier molecular flexibility index (Phi) is 6.30. The highest BCUT2D eigenvalue weighted by molar-refractivity contribution is 9.10. The normalized spacial score (nSPS) is 16.2. The number of ether oxygens (including phenoxy) is 1. The number of nitrogens with one attached hydrogen (secondary N) is 1. The Morgan fingerprint density at radius 3 is 2.50 bits per heavy atom. The highest BCUT2D eigenvalue weighted by atomic mass is 79.9. The number of hydrogen-bond donors (Lipinski definition) is 1. The molecular weight excluding hydrogens is 394 g/mol. The van der Waals surface area contributed by atoms with Crippen LogP contribution in [0, 0.1) is 5.92 Å². The molecule has 1 saturated carbocycles. The van der Waals surface area contributed by atoms with Gasteiger partial charge >= 0.3 is 5.97 Å². The molecule has 138 valence electrons. The van der Waals surface area contributed by atoms with Gasteiger partial charge < -0.3 is 10.1 Å². The molecule has 0 unspecified atom stereocenters. The van der Waals surface area contributed by atoms with Crippen LogP contribution in [0.1, 0.15) is 48.9 Å². The first-order valence-corrected chi connectivity index (χ1v) is 9.95. The lowest BCUT2D eigenvalue weighted by atomic mass is 9.84. The van der Waals surface area contributed by atoms with Crippen LogP contribution in [0.2, 0.25) is 0 Å². The maximum Gasteiger partial charge on any atom is 0.328 e. The van der Waals surface area contributed by atoms with Crippen LogP contribution < -0.4 is 5.32 Å². The van der Waals surface area contributed by atoms with Gasteiger partial charge in [0.25, 0.3) is 5.91 Å². The highest BCUT2D eigenvalue weighted by Crippen LogP contribution is 2.29. The third kappa shape index (κ3) is 4.26. The van der Waals surface area contributed by atoms with Gasteiger partial charge in [-0.2, -0.15) is 0 Å². The smallest absolute Gasteiger partial charge is 0.328 e. The van der Waals surface area contributed by atoms with E-state index in [0.29, 0.717) is 17.9 Å². The van der Waals surface area contributed by atoms with Crippen LogP contribution in [-0.2, 0) is 9.53 Å². The Morgan fingerprint density at radius 2 is 1.81 bits per heavy atom. The molecule has 1 N–H and O–H groups in total. The first-order chi connectivity index (χ1) is 12.6. The predicted octanol–water partition coefficient (Wildman–Crippen LogP) is 4.84. The summed E-state index contributed by atoms with van der Waals surface area (Å²) in [5, 5.41) is 4.75. The van der Waals surface area contributed by atoms with Crippen molar-refractivity contribution in [2.75, 3.05) is 7.11 Å². The van der Waals surface area contributed by atoms with Crippen molar-refractivity contribution in [3.63, 3.8) is 0 Å². The Morgan fingerprint density at radius 1 is 1.12 bits per heavy atom. The van der Waals surface area contributed by atoms with Gasteiger partial charge in [-0.1, -0.05) is 72.3 Å². The average molecular weight is 418 g/mol. The molecule has 2 aromatic carbocycles. The molecule has 0 radical (unpaired) electrons. The second kappa shape index (κ2) is 8.67. The Bertz CT molecular complexity index is 799. The Labute approximate surface area is 162 Å². The van der Waals surface area contributed by atoms with E-state index in [1.54, 1.807) is 6.07 Å². The van der Waals surface area contributed by atoms with Crippen LogP contribution in [0.3, 0.4) is 0 Å². The SMILES string of the molecule is COC(=O)[C@H](CC1CCCCC1)NC(=O)c1ccc(Br)c2ccccc12. The van der Waals surface area contributed by atoms with Gasteiger partial charge in [-0.05, 0) is 35.2 Å². The molecule has 0 aliphatic heterocycles. The van der Waals surface area contributed by atoms with Gasteiger partial charge in [0.1, 0.15) is 6.04 Å². The average Bonchev–Trinajstić information content (AvgIpc) is 2.68. The second-order valence-electron chi connectivity index (χ2n) is 6.93. The molecule has 1 fully saturated rings. The molecule has 1 aliphatic rings. The summed E-state index contributed by atoms with van der Waals surface area (Å²) in [5.74, 6) is -0.139. The van der Waals surface area contributed by atoms with E-state index in [9.17, 15) is 9.59 Å². The minimum Gasteiger partial charge on any atom is -0.467 e. The van der Waals surface area contributed by atoms with Gasteiger partial charge in [-0.15, -0.1) is 0 Å². The molecule has 0 heterocycles. The molecular formula is C21H24BrNO3. The molecule has 3 rings (SSSR count). The number of carbonyl (C=O) groups is 2. The van der Waals surface area contributed by atoms with Crippen molar-refractivity contribution < 1.29 is 14.3 Å². The van der Waals surface area contributed by atoms with Crippen LogP contribution in [0.4, 0.5) is 0 Å². The van der Waals surface area contributed by atoms with Crippen molar-refractivity contribution >= 4 is 38.6 Å². The maximum atomic E-state index is 12.9. The van der Waals surface area contributed by atoms with Gasteiger partial charge in [0.2, 0.25) is 0 Å². The van der Waals surface area contributed by atoms with Crippen LogP contribution in [0.15, 0.2) is 40.9 Å². The topological polar surface area (TPSA) is 55.4 Å². The summed E-state index contributed by atoms with van der Waals surface area (Å²) in [6.45, 7) is 0. The van der Waals surface area contributed by atoms with Crippen molar-refractivity contribution in [1.82, 2.24) is 5.32 Å². The zero-order chi connectivity index (χ0) is 18.5. The van der Waals surface area contributed by atoms with E-state index in [-0.39, 0.29) is 11.9 Å². The first kappa shape index (κ1) is 18.9. The van der Waals surface area contributed by atoms with Crippen molar-refractivity contribution in [2.24, 2.45) is 5.92 Å². The standard InChI is InChI=1S/C21H24BrNO3/c1-26-21(25)19(13-14-7-3-2-4-8-14)23-20(24)17-11-12-18(22)16-10-6-5-9-15(16)17/h5-6,9-12,14,19H,2-4,7-8,13H2,1H3,(H,23,24)/t19-/m0/s1. The van der Waals surface area contributed by atoms with Crippen LogP contribution in [0.5, 0.6) is 0 Å². The summed E-state index contributed by atoms with van der Waals surface area (Å²) < 4.78 is 5.88. The third-order valence-electron chi connectivity index (χ3n) is 5.20. The van der Waals surface area contributed by atoms with Gasteiger partial charge in [-0.25, -0.2) is 4.79 Å². The number of halogens is 1. The monoisotopic (exact) mass is 417 g/mol. The van der Waals surface area contributed by atoms with Gasteiger partial charge in [0.05, 0.1) is 7.11 Å². The molecule has 2 aromatic rings. The minimum absolute atomic E-state index is 0.236. The molecule has 0 spiro atoms. The number of carbonyl (C=O) groups excluding carboxylic acids is 2. The zero-order valence-corrected chi connectivity index (χ0v) is 16.6. The fourth-order valence-electron chi connectivity index (χ4n) is 3.81. The highest BCUT2D eigenvalue weighted by Gasteiger charge is 2.27. The second-order valence-corrected chi connectivity index (χ2v) is 7.78. The fraction of sp³-hybridized carbons (Fsp3) is 0.429. The number of hydrogen-bond acceptors (Lipinski definition) is 3. The largest absolute Gasteiger partial charge is 0.467 e. The van der Waals surface area contributed by atoms with Crippen LogP contribution in [-0.4, -0.2) is 25.0 Å². The Balaban J connectivity index is 1.81. The van der Waals surface area contributed by atoms with Crippen molar-refractivity contribution in [2.45, 2.75) is 44.6 Å². The number of amides is 1. The quantitative estimate of drug-likeness (QED) is 0.707. The van der Waals surface area contributed by atoms with E-state index in [0.717, 1.165) is 28.1 Å². The molecule has 1 atom stereocenters. The summed E-state index contributed by atoms with van der Waals surface area (Å²) in [7, 11) is 1.37. The summed E-state index contributed by atoms with van der Waals surface area (Å²) >= 11 is 3.53. The lowest BCUT2D eigenvalue weighted by molar-refractivity contribution is -0.143. The summed E-state index contributed by atoms with van der Waals surface area (Å²) in [4.78, 5) is 25.1. The van der Waals surface area contributed by atoms with E-state index >= 15 is 0 Å². The van der Waals surface area contributed by atoms with Crippen molar-refractivity contribution in [1.29, 1.82) is 0 Å². The fourth-order valence-corrected chi connectivity index (χ4v) is 4.29. The molecule has 1 amide bonds. The van der Waals surface area contributed by atoms with E-state index < -0.39 is 6.04 Å². The van der Waals surface area contributed by atoms with Crippen LogP contribution in [0.25, 0.3) is 10.8 Å². The summed E-state index contributed by atoms with van der Waals surface area (Å²) in [5.41, 5.74) is 0.571. The molecule has 0 bridgehead atoms. The van der Waals surface area contributed by atoms with Gasteiger partial charge in [0, 0.05) is 10.0 Å². The Hall–Kier alpha value is -1.88.